The Morgan fingerprint density at radius 1 is 1.57 bits per heavy atom. The second-order valence-electron chi connectivity index (χ2n) is 1.33. The van der Waals surface area contributed by atoms with Crippen LogP contribution in [0.3, 0.4) is 0 Å². The lowest BCUT2D eigenvalue weighted by Crippen LogP contribution is -1.95. The average molecular weight is 244 g/mol. The molecule has 0 aromatic heterocycles. The summed E-state index contributed by atoms with van der Waals surface area (Å²) in [5, 5.41) is 2.09. The predicted octanol–water partition coefficient (Wildman–Crippen LogP) is 3.08. The van der Waals surface area contributed by atoms with Gasteiger partial charge in [-0.15, -0.1) is 11.8 Å². The van der Waals surface area contributed by atoms with Crippen LogP contribution in [0.1, 0.15) is 6.42 Å². The van der Waals surface area contributed by atoms with Crippen LogP contribution in [0.4, 0.5) is 0 Å². The first kappa shape index (κ1) is 6.17. The van der Waals surface area contributed by atoms with E-state index < -0.39 is 0 Å². The molecule has 3 heteroatoms. The van der Waals surface area contributed by atoms with Gasteiger partial charge >= 0.3 is 0 Å². The van der Waals surface area contributed by atoms with E-state index in [-0.39, 0.29) is 2.57 Å². The number of rotatable bonds is 0. The molecule has 1 aliphatic rings. The minimum absolute atomic E-state index is 0.125. The normalized spacial score (nSPS) is 26.0. The predicted molar refractivity (Wildman–Crippen MR) is 41.9 cm³/mol. The van der Waals surface area contributed by atoms with Gasteiger partial charge in [0.25, 0.3) is 0 Å². The Kier molecular flexibility index (Phi) is 1.86. The Hall–Kier alpha value is 1.05. The SMILES string of the molecule is BrC1(Br)CC=CS1. The van der Waals surface area contributed by atoms with Crippen LogP contribution in [0.15, 0.2) is 11.5 Å². The fourth-order valence-electron chi connectivity index (χ4n) is 0.381. The summed E-state index contributed by atoms with van der Waals surface area (Å²) in [5.74, 6) is 0. The number of hydrogen-bond acceptors (Lipinski definition) is 1. The highest BCUT2D eigenvalue weighted by Gasteiger charge is 2.23. The quantitative estimate of drug-likeness (QED) is 0.590. The Bertz CT molecular complexity index is 87.9. The number of alkyl halides is 2. The van der Waals surface area contributed by atoms with E-state index in [0.29, 0.717) is 0 Å². The summed E-state index contributed by atoms with van der Waals surface area (Å²) >= 11 is 8.67. The molecule has 1 aliphatic heterocycles. The lowest BCUT2D eigenvalue weighted by atomic mass is 10.5. The van der Waals surface area contributed by atoms with Gasteiger partial charge < -0.3 is 0 Å². The maximum atomic E-state index is 3.46. The Morgan fingerprint density at radius 2 is 2.29 bits per heavy atom. The Morgan fingerprint density at radius 3 is 2.43 bits per heavy atom. The molecule has 7 heavy (non-hydrogen) atoms. The van der Waals surface area contributed by atoms with Crippen molar-refractivity contribution in [1.29, 1.82) is 0 Å². The van der Waals surface area contributed by atoms with E-state index in [2.05, 4.69) is 43.3 Å². The van der Waals surface area contributed by atoms with Crippen molar-refractivity contribution in [3.05, 3.63) is 11.5 Å². The fourth-order valence-corrected chi connectivity index (χ4v) is 1.99. The van der Waals surface area contributed by atoms with Gasteiger partial charge in [-0.3, -0.25) is 0 Å². The van der Waals surface area contributed by atoms with Crippen molar-refractivity contribution in [3.8, 4) is 0 Å². The van der Waals surface area contributed by atoms with E-state index in [0.717, 1.165) is 6.42 Å². The second-order valence-corrected chi connectivity index (χ2v) is 7.36. The van der Waals surface area contributed by atoms with Crippen LogP contribution < -0.4 is 0 Å². The van der Waals surface area contributed by atoms with Gasteiger partial charge in [0.05, 0.1) is 0 Å². The van der Waals surface area contributed by atoms with Crippen LogP contribution >= 0.6 is 43.6 Å². The van der Waals surface area contributed by atoms with E-state index in [4.69, 9.17) is 0 Å². The summed E-state index contributed by atoms with van der Waals surface area (Å²) in [7, 11) is 0. The van der Waals surface area contributed by atoms with Crippen molar-refractivity contribution in [2.24, 2.45) is 0 Å². The first-order valence-corrected chi connectivity index (χ1v) is 4.38. The molecule has 0 aromatic rings. The van der Waals surface area contributed by atoms with Crippen LogP contribution in [0.25, 0.3) is 0 Å². The highest BCUT2D eigenvalue weighted by molar-refractivity contribution is 9.28. The van der Waals surface area contributed by atoms with E-state index in [1.54, 1.807) is 11.8 Å². The summed E-state index contributed by atoms with van der Waals surface area (Å²) in [6.07, 6.45) is 3.20. The second kappa shape index (κ2) is 2.11. The lowest BCUT2D eigenvalue weighted by Gasteiger charge is -2.07. The van der Waals surface area contributed by atoms with Crippen LogP contribution in [-0.2, 0) is 0 Å². The monoisotopic (exact) mass is 242 g/mol. The summed E-state index contributed by atoms with van der Waals surface area (Å²) in [5.41, 5.74) is 0. The molecule has 1 heterocycles. The van der Waals surface area contributed by atoms with Gasteiger partial charge in [0.2, 0.25) is 0 Å². The Balaban J connectivity index is 2.49. The molecule has 0 N–H and O–H groups in total. The number of halogens is 2. The highest BCUT2D eigenvalue weighted by atomic mass is 79.9. The molecule has 0 spiro atoms. The van der Waals surface area contributed by atoms with Gasteiger partial charge in [-0.05, 0) is 5.41 Å². The summed E-state index contributed by atoms with van der Waals surface area (Å²) in [6.45, 7) is 0. The zero-order chi connectivity index (χ0) is 5.33. The van der Waals surface area contributed by atoms with Gasteiger partial charge in [-0.2, -0.15) is 0 Å². The van der Waals surface area contributed by atoms with Gasteiger partial charge in [-0.25, -0.2) is 0 Å². The molecule has 0 fully saturated rings. The molecule has 0 saturated heterocycles. The Labute approximate surface area is 64.0 Å². The topological polar surface area (TPSA) is 0 Å². The minimum Gasteiger partial charge on any atom is -0.104 e. The first-order chi connectivity index (χ1) is 3.21. The molecular weight excluding hydrogens is 240 g/mol. The zero-order valence-corrected chi connectivity index (χ0v) is 7.51. The van der Waals surface area contributed by atoms with Crippen molar-refractivity contribution in [1.82, 2.24) is 0 Å². The molecule has 0 saturated carbocycles. The van der Waals surface area contributed by atoms with Gasteiger partial charge in [0, 0.05) is 6.42 Å². The molecule has 40 valence electrons. The number of allylic oxidation sites excluding steroid dienone is 1. The summed E-state index contributed by atoms with van der Waals surface area (Å²) in [6, 6.07) is 0. The number of hydrogen-bond donors (Lipinski definition) is 0. The molecular formula is C4H4Br2S. The standard InChI is InChI=1S/C4H4Br2S/c5-4(6)2-1-3-7-4/h1,3H,2H2. The minimum atomic E-state index is 0.125. The van der Waals surface area contributed by atoms with Crippen LogP contribution in [0.5, 0.6) is 0 Å². The first-order valence-electron chi connectivity index (χ1n) is 1.91. The fraction of sp³-hybridized carbons (Fsp3) is 0.500. The molecule has 0 unspecified atom stereocenters. The van der Waals surface area contributed by atoms with Crippen LogP contribution in [0.2, 0.25) is 0 Å². The van der Waals surface area contributed by atoms with Gasteiger partial charge in [0.15, 0.2) is 0 Å². The van der Waals surface area contributed by atoms with Crippen molar-refractivity contribution in [3.63, 3.8) is 0 Å². The van der Waals surface area contributed by atoms with Crippen molar-refractivity contribution in [2.75, 3.05) is 0 Å². The summed E-state index contributed by atoms with van der Waals surface area (Å²) in [4.78, 5) is 0. The molecule has 0 aliphatic carbocycles. The molecule has 0 atom stereocenters. The third-order valence-corrected chi connectivity index (χ3v) is 3.30. The maximum Gasteiger partial charge on any atom is 0.133 e. The largest absolute Gasteiger partial charge is 0.133 e. The van der Waals surface area contributed by atoms with Crippen LogP contribution in [-0.4, -0.2) is 2.57 Å². The molecule has 0 radical (unpaired) electrons. The maximum absolute atomic E-state index is 3.46. The number of thioether (sulfide) groups is 1. The van der Waals surface area contributed by atoms with Crippen molar-refractivity contribution >= 4 is 43.6 Å². The average Bonchev–Trinajstić information content (AvgIpc) is 1.84. The van der Waals surface area contributed by atoms with E-state index >= 15 is 0 Å². The molecule has 1 rings (SSSR count). The third kappa shape index (κ3) is 1.78. The van der Waals surface area contributed by atoms with Crippen molar-refractivity contribution in [2.45, 2.75) is 8.99 Å². The third-order valence-electron chi connectivity index (χ3n) is 0.692. The smallest absolute Gasteiger partial charge is 0.104 e. The van der Waals surface area contributed by atoms with E-state index in [1.165, 1.54) is 0 Å². The van der Waals surface area contributed by atoms with Crippen molar-refractivity contribution < 1.29 is 0 Å². The van der Waals surface area contributed by atoms with Crippen LogP contribution in [0, 0.1) is 0 Å². The molecule has 0 bridgehead atoms. The molecule has 0 amide bonds. The van der Waals surface area contributed by atoms with E-state index in [9.17, 15) is 0 Å². The zero-order valence-electron chi connectivity index (χ0n) is 3.53. The van der Waals surface area contributed by atoms with Gasteiger partial charge in [-0.1, -0.05) is 37.9 Å². The van der Waals surface area contributed by atoms with Gasteiger partial charge in [0.1, 0.15) is 2.57 Å². The lowest BCUT2D eigenvalue weighted by molar-refractivity contribution is 1.18. The highest BCUT2D eigenvalue weighted by Crippen LogP contribution is 2.46. The molecule has 0 aromatic carbocycles. The summed E-state index contributed by atoms with van der Waals surface area (Å²) < 4.78 is 0.125. The molecule has 0 nitrogen and oxygen atoms in total. The van der Waals surface area contributed by atoms with E-state index in [1.807, 2.05) is 0 Å².